The molecule has 6 nitrogen and oxygen atoms in total. The molecule has 0 aliphatic carbocycles. The lowest BCUT2D eigenvalue weighted by atomic mass is 10.3. The Morgan fingerprint density at radius 2 is 2.37 bits per heavy atom. The molecule has 19 heavy (non-hydrogen) atoms. The van der Waals surface area contributed by atoms with Crippen LogP contribution < -0.4 is 10.9 Å². The Hall–Kier alpha value is -1.73. The zero-order valence-corrected chi connectivity index (χ0v) is 11.4. The van der Waals surface area contributed by atoms with Crippen LogP contribution in [0.25, 0.3) is 4.96 Å². The van der Waals surface area contributed by atoms with Crippen LogP contribution >= 0.6 is 11.3 Å². The van der Waals surface area contributed by atoms with Crippen LogP contribution in [0.5, 0.6) is 0 Å². The van der Waals surface area contributed by atoms with Crippen LogP contribution in [0.2, 0.25) is 0 Å². The smallest absolute Gasteiger partial charge is 0.271 e. The Labute approximate surface area is 113 Å². The second-order valence-corrected chi connectivity index (χ2v) is 4.85. The highest BCUT2D eigenvalue weighted by Crippen LogP contribution is 2.12. The molecule has 7 heteroatoms. The summed E-state index contributed by atoms with van der Waals surface area (Å²) in [5.41, 5.74) is 0.538. The van der Waals surface area contributed by atoms with E-state index in [1.54, 1.807) is 0 Å². The van der Waals surface area contributed by atoms with Crippen LogP contribution in [0.3, 0.4) is 0 Å². The van der Waals surface area contributed by atoms with E-state index in [0.29, 0.717) is 24.3 Å². The standard InChI is InChI=1S/C12H15N3O3S/c1-2-8-7-19-12-14-6-9(11(18)15(8)12)10(17)13-4-3-5-16/h6-7,16H,2-5H2,1H3,(H,13,17). The minimum atomic E-state index is -0.450. The summed E-state index contributed by atoms with van der Waals surface area (Å²) >= 11 is 1.38. The molecule has 0 unspecified atom stereocenters. The van der Waals surface area contributed by atoms with Gasteiger partial charge in [0.05, 0.1) is 0 Å². The summed E-state index contributed by atoms with van der Waals surface area (Å²) in [6, 6.07) is 0. The molecule has 0 aliphatic rings. The van der Waals surface area contributed by atoms with Gasteiger partial charge in [-0.2, -0.15) is 0 Å². The van der Waals surface area contributed by atoms with Crippen LogP contribution in [-0.4, -0.2) is 33.6 Å². The minimum Gasteiger partial charge on any atom is -0.396 e. The summed E-state index contributed by atoms with van der Waals surface area (Å²) < 4.78 is 1.48. The second-order valence-electron chi connectivity index (χ2n) is 4.01. The van der Waals surface area contributed by atoms with E-state index in [-0.39, 0.29) is 17.7 Å². The van der Waals surface area contributed by atoms with Crippen LogP contribution in [0.15, 0.2) is 16.4 Å². The predicted molar refractivity (Wildman–Crippen MR) is 72.8 cm³/mol. The fourth-order valence-electron chi connectivity index (χ4n) is 1.72. The summed E-state index contributed by atoms with van der Waals surface area (Å²) in [5.74, 6) is -0.450. The van der Waals surface area contributed by atoms with E-state index < -0.39 is 5.91 Å². The molecule has 102 valence electrons. The molecule has 0 aliphatic heterocycles. The van der Waals surface area contributed by atoms with Crippen molar-refractivity contribution in [1.29, 1.82) is 0 Å². The van der Waals surface area contributed by atoms with Crippen molar-refractivity contribution in [2.24, 2.45) is 0 Å². The number of aliphatic hydroxyl groups excluding tert-OH is 1. The Balaban J connectivity index is 2.36. The third-order valence-corrected chi connectivity index (χ3v) is 3.63. The monoisotopic (exact) mass is 281 g/mol. The molecule has 0 saturated heterocycles. The number of rotatable bonds is 5. The fourth-order valence-corrected chi connectivity index (χ4v) is 2.66. The Morgan fingerprint density at radius 1 is 1.58 bits per heavy atom. The van der Waals surface area contributed by atoms with Crippen molar-refractivity contribution >= 4 is 22.2 Å². The normalized spacial score (nSPS) is 10.8. The van der Waals surface area contributed by atoms with E-state index in [1.165, 1.54) is 21.9 Å². The summed E-state index contributed by atoms with van der Waals surface area (Å²) in [4.78, 5) is 28.8. The highest BCUT2D eigenvalue weighted by atomic mass is 32.1. The maximum Gasteiger partial charge on any atom is 0.271 e. The third kappa shape index (κ3) is 2.66. The number of fused-ring (bicyclic) bond motifs is 1. The molecule has 2 N–H and O–H groups in total. The van der Waals surface area contributed by atoms with Gasteiger partial charge in [0.25, 0.3) is 11.5 Å². The average Bonchev–Trinajstić information content (AvgIpc) is 2.83. The highest BCUT2D eigenvalue weighted by Gasteiger charge is 2.15. The first kappa shape index (κ1) is 13.7. The summed E-state index contributed by atoms with van der Waals surface area (Å²) in [7, 11) is 0. The van der Waals surface area contributed by atoms with E-state index in [4.69, 9.17) is 5.11 Å². The van der Waals surface area contributed by atoms with Gasteiger partial charge in [-0.15, -0.1) is 11.3 Å². The molecule has 2 heterocycles. The van der Waals surface area contributed by atoms with Crippen LogP contribution in [0, 0.1) is 0 Å². The van der Waals surface area contributed by atoms with Gasteiger partial charge in [-0.05, 0) is 12.8 Å². The van der Waals surface area contributed by atoms with Gasteiger partial charge in [-0.25, -0.2) is 4.98 Å². The number of hydrogen-bond acceptors (Lipinski definition) is 5. The molecule has 0 atom stereocenters. The van der Waals surface area contributed by atoms with Crippen molar-refractivity contribution in [3.63, 3.8) is 0 Å². The molecule has 0 aromatic carbocycles. The SMILES string of the molecule is CCc1csc2ncc(C(=O)NCCCO)c(=O)n12. The number of aryl methyl sites for hydroxylation is 1. The van der Waals surface area contributed by atoms with Crippen molar-refractivity contribution in [3.8, 4) is 0 Å². The molecule has 0 fully saturated rings. The zero-order valence-electron chi connectivity index (χ0n) is 10.5. The quantitative estimate of drug-likeness (QED) is 0.779. The number of thiazole rings is 1. The van der Waals surface area contributed by atoms with Gasteiger partial charge in [0.1, 0.15) is 5.56 Å². The molecule has 0 bridgehead atoms. The maximum atomic E-state index is 12.3. The maximum absolute atomic E-state index is 12.3. The molecule has 2 rings (SSSR count). The van der Waals surface area contributed by atoms with Gasteiger partial charge in [-0.1, -0.05) is 6.92 Å². The van der Waals surface area contributed by atoms with Crippen molar-refractivity contribution in [2.45, 2.75) is 19.8 Å². The Morgan fingerprint density at radius 3 is 3.05 bits per heavy atom. The summed E-state index contributed by atoms with van der Waals surface area (Å²) in [5, 5.41) is 13.1. The number of aliphatic hydroxyl groups is 1. The Kier molecular flexibility index (Phi) is 4.28. The number of aromatic nitrogens is 2. The number of nitrogens with zero attached hydrogens (tertiary/aromatic N) is 2. The van der Waals surface area contributed by atoms with Gasteiger partial charge in [0, 0.05) is 30.4 Å². The number of amides is 1. The van der Waals surface area contributed by atoms with E-state index in [9.17, 15) is 9.59 Å². The minimum absolute atomic E-state index is 0.00105. The van der Waals surface area contributed by atoms with Gasteiger partial charge in [0.15, 0.2) is 4.96 Å². The van der Waals surface area contributed by atoms with Crippen molar-refractivity contribution in [1.82, 2.24) is 14.7 Å². The van der Waals surface area contributed by atoms with E-state index in [0.717, 1.165) is 5.69 Å². The molecular weight excluding hydrogens is 266 g/mol. The highest BCUT2D eigenvalue weighted by molar-refractivity contribution is 7.15. The number of carbonyl (C=O) groups is 1. The lowest BCUT2D eigenvalue weighted by Gasteiger charge is -2.04. The van der Waals surface area contributed by atoms with Gasteiger partial charge < -0.3 is 10.4 Å². The second kappa shape index (κ2) is 5.94. The number of hydrogen-bond donors (Lipinski definition) is 2. The van der Waals surface area contributed by atoms with Crippen molar-refractivity contribution in [3.05, 3.63) is 33.2 Å². The van der Waals surface area contributed by atoms with E-state index >= 15 is 0 Å². The lowest BCUT2D eigenvalue weighted by Crippen LogP contribution is -2.32. The molecule has 2 aromatic rings. The van der Waals surface area contributed by atoms with E-state index in [1.807, 2.05) is 12.3 Å². The topological polar surface area (TPSA) is 83.7 Å². The van der Waals surface area contributed by atoms with Gasteiger partial charge >= 0.3 is 0 Å². The third-order valence-electron chi connectivity index (χ3n) is 2.74. The lowest BCUT2D eigenvalue weighted by molar-refractivity contribution is 0.0949. The van der Waals surface area contributed by atoms with Crippen molar-refractivity contribution in [2.75, 3.05) is 13.2 Å². The first-order valence-corrected chi connectivity index (χ1v) is 6.94. The Bertz CT molecular complexity index is 647. The zero-order chi connectivity index (χ0) is 13.8. The van der Waals surface area contributed by atoms with Crippen LogP contribution in [0.1, 0.15) is 29.4 Å². The largest absolute Gasteiger partial charge is 0.396 e. The molecule has 0 radical (unpaired) electrons. The average molecular weight is 281 g/mol. The first-order chi connectivity index (χ1) is 9.19. The predicted octanol–water partition coefficient (Wildman–Crippen LogP) is 0.431. The van der Waals surface area contributed by atoms with E-state index in [2.05, 4.69) is 10.3 Å². The number of nitrogens with one attached hydrogen (secondary N) is 1. The van der Waals surface area contributed by atoms with Crippen LogP contribution in [-0.2, 0) is 6.42 Å². The molecule has 0 saturated carbocycles. The van der Waals surface area contributed by atoms with Crippen LogP contribution in [0.4, 0.5) is 0 Å². The molecule has 0 spiro atoms. The van der Waals surface area contributed by atoms with Crippen molar-refractivity contribution < 1.29 is 9.90 Å². The fraction of sp³-hybridized carbons (Fsp3) is 0.417. The van der Waals surface area contributed by atoms with Gasteiger partial charge in [-0.3, -0.25) is 14.0 Å². The summed E-state index contributed by atoms with van der Waals surface area (Å²) in [6.07, 6.45) is 2.47. The summed E-state index contributed by atoms with van der Waals surface area (Å²) in [6.45, 7) is 2.28. The molecular formula is C12H15N3O3S. The first-order valence-electron chi connectivity index (χ1n) is 6.06. The van der Waals surface area contributed by atoms with Gasteiger partial charge in [0.2, 0.25) is 0 Å². The molecule has 2 aromatic heterocycles. The number of carbonyl (C=O) groups excluding carboxylic acids is 1. The molecule has 1 amide bonds.